The van der Waals surface area contributed by atoms with Gasteiger partial charge in [0.05, 0.1) is 5.60 Å². The first-order valence-electron chi connectivity index (χ1n) is 7.33. The number of rotatable bonds is 4. The molecule has 0 radical (unpaired) electrons. The average molecular weight is 260 g/mol. The zero-order valence-corrected chi connectivity index (χ0v) is 11.9. The Morgan fingerprint density at radius 1 is 1.32 bits per heavy atom. The van der Waals surface area contributed by atoms with E-state index < -0.39 is 5.60 Å². The van der Waals surface area contributed by atoms with E-state index in [1.165, 1.54) is 0 Å². The van der Waals surface area contributed by atoms with Gasteiger partial charge >= 0.3 is 0 Å². The molecule has 1 aliphatic carbocycles. The zero-order chi connectivity index (χ0) is 13.9. The Kier molecular flexibility index (Phi) is 4.41. The normalized spacial score (nSPS) is 27.0. The Balaban J connectivity index is 2.08. The average Bonchev–Trinajstić information content (AvgIpc) is 2.42. The lowest BCUT2D eigenvalue weighted by Gasteiger charge is -2.33. The van der Waals surface area contributed by atoms with Crippen LogP contribution in [0, 0.1) is 11.8 Å². The van der Waals surface area contributed by atoms with Crippen LogP contribution in [0.5, 0.6) is 0 Å². The number of carbonyl (C=O) groups excluding carboxylic acids is 1. The minimum atomic E-state index is -0.906. The molecule has 1 saturated carbocycles. The molecule has 3 unspecified atom stereocenters. The molecule has 1 aliphatic rings. The van der Waals surface area contributed by atoms with Crippen molar-refractivity contribution in [3.8, 4) is 0 Å². The highest BCUT2D eigenvalue weighted by molar-refractivity contribution is 5.81. The van der Waals surface area contributed by atoms with Crippen LogP contribution in [0.2, 0.25) is 0 Å². The van der Waals surface area contributed by atoms with E-state index in [1.807, 2.05) is 37.3 Å². The highest BCUT2D eigenvalue weighted by Gasteiger charge is 2.34. The summed E-state index contributed by atoms with van der Waals surface area (Å²) in [5.74, 6) is 1.00. The smallest absolute Gasteiger partial charge is 0.136 e. The van der Waals surface area contributed by atoms with Crippen molar-refractivity contribution in [1.29, 1.82) is 0 Å². The second-order valence-electron chi connectivity index (χ2n) is 6.06. The molecule has 0 bridgehead atoms. The summed E-state index contributed by atoms with van der Waals surface area (Å²) in [5, 5.41) is 10.7. The molecule has 1 fully saturated rings. The number of aliphatic hydroxyl groups is 1. The van der Waals surface area contributed by atoms with Gasteiger partial charge in [0.15, 0.2) is 0 Å². The van der Waals surface area contributed by atoms with Crippen LogP contribution in [-0.4, -0.2) is 10.9 Å². The van der Waals surface area contributed by atoms with E-state index in [0.29, 0.717) is 24.5 Å². The number of Topliss-reactive ketones (excluding diaryl/α,β-unsaturated/α-hetero) is 1. The SMILES string of the molecule is CCC1CCC(=O)C(CC(C)(O)c2ccccc2)C1. The molecule has 104 valence electrons. The number of hydrogen-bond acceptors (Lipinski definition) is 2. The number of ketones is 1. The molecule has 3 atom stereocenters. The molecule has 0 spiro atoms. The van der Waals surface area contributed by atoms with Crippen LogP contribution in [0.3, 0.4) is 0 Å². The van der Waals surface area contributed by atoms with Gasteiger partial charge in [0.25, 0.3) is 0 Å². The van der Waals surface area contributed by atoms with E-state index in [-0.39, 0.29) is 5.92 Å². The molecule has 0 heterocycles. The molecule has 1 aromatic carbocycles. The van der Waals surface area contributed by atoms with Crippen molar-refractivity contribution < 1.29 is 9.90 Å². The maximum atomic E-state index is 12.1. The monoisotopic (exact) mass is 260 g/mol. The van der Waals surface area contributed by atoms with Gasteiger partial charge in [-0.05, 0) is 37.7 Å². The summed E-state index contributed by atoms with van der Waals surface area (Å²) in [6.45, 7) is 4.01. The fourth-order valence-electron chi connectivity index (χ4n) is 3.16. The van der Waals surface area contributed by atoms with Gasteiger partial charge in [0, 0.05) is 12.3 Å². The van der Waals surface area contributed by atoms with Crippen molar-refractivity contribution in [1.82, 2.24) is 0 Å². The van der Waals surface area contributed by atoms with E-state index in [0.717, 1.165) is 24.8 Å². The Morgan fingerprint density at radius 3 is 2.63 bits per heavy atom. The predicted octanol–water partition coefficient (Wildman–Crippen LogP) is 3.68. The van der Waals surface area contributed by atoms with Crippen molar-refractivity contribution in [3.05, 3.63) is 35.9 Å². The van der Waals surface area contributed by atoms with Crippen LogP contribution in [0.4, 0.5) is 0 Å². The minimum Gasteiger partial charge on any atom is -0.385 e. The Bertz CT molecular complexity index is 422. The number of carbonyl (C=O) groups is 1. The van der Waals surface area contributed by atoms with Crippen molar-refractivity contribution >= 4 is 5.78 Å². The van der Waals surface area contributed by atoms with E-state index in [2.05, 4.69) is 6.92 Å². The molecule has 2 heteroatoms. The molecule has 2 nitrogen and oxygen atoms in total. The van der Waals surface area contributed by atoms with E-state index in [1.54, 1.807) is 0 Å². The summed E-state index contributed by atoms with van der Waals surface area (Å²) in [4.78, 5) is 12.1. The number of hydrogen-bond donors (Lipinski definition) is 1. The summed E-state index contributed by atoms with van der Waals surface area (Å²) in [5.41, 5.74) is -0.00144. The lowest BCUT2D eigenvalue weighted by Crippen LogP contribution is -2.32. The van der Waals surface area contributed by atoms with Crippen LogP contribution in [0.15, 0.2) is 30.3 Å². The summed E-state index contributed by atoms with van der Waals surface area (Å²) in [6, 6.07) is 9.68. The maximum absolute atomic E-state index is 12.1. The van der Waals surface area contributed by atoms with Crippen LogP contribution >= 0.6 is 0 Å². The van der Waals surface area contributed by atoms with E-state index >= 15 is 0 Å². The first-order chi connectivity index (χ1) is 9.03. The van der Waals surface area contributed by atoms with Gasteiger partial charge in [-0.2, -0.15) is 0 Å². The van der Waals surface area contributed by atoms with Crippen LogP contribution < -0.4 is 0 Å². The molecular weight excluding hydrogens is 236 g/mol. The third-order valence-corrected chi connectivity index (χ3v) is 4.49. The first kappa shape index (κ1) is 14.3. The molecule has 1 N–H and O–H groups in total. The van der Waals surface area contributed by atoms with Crippen molar-refractivity contribution in [3.63, 3.8) is 0 Å². The highest BCUT2D eigenvalue weighted by Crippen LogP contribution is 2.36. The topological polar surface area (TPSA) is 37.3 Å². The molecule has 0 saturated heterocycles. The molecular formula is C17H24O2. The predicted molar refractivity (Wildman–Crippen MR) is 76.8 cm³/mol. The van der Waals surface area contributed by atoms with Crippen molar-refractivity contribution in [2.45, 2.75) is 51.6 Å². The fraction of sp³-hybridized carbons (Fsp3) is 0.588. The van der Waals surface area contributed by atoms with Crippen molar-refractivity contribution in [2.24, 2.45) is 11.8 Å². The maximum Gasteiger partial charge on any atom is 0.136 e. The third kappa shape index (κ3) is 3.44. The van der Waals surface area contributed by atoms with Crippen LogP contribution in [-0.2, 0) is 10.4 Å². The minimum absolute atomic E-state index is 0.0221. The summed E-state index contributed by atoms with van der Waals surface area (Å²) in [7, 11) is 0. The molecule has 0 aliphatic heterocycles. The molecule has 2 rings (SSSR count). The van der Waals surface area contributed by atoms with Gasteiger partial charge in [-0.15, -0.1) is 0 Å². The van der Waals surface area contributed by atoms with E-state index in [4.69, 9.17) is 0 Å². The lowest BCUT2D eigenvalue weighted by molar-refractivity contribution is -0.128. The molecule has 1 aromatic rings. The Labute approximate surface area is 115 Å². The quantitative estimate of drug-likeness (QED) is 0.896. The number of benzene rings is 1. The summed E-state index contributed by atoms with van der Waals surface area (Å²) < 4.78 is 0. The lowest BCUT2D eigenvalue weighted by atomic mass is 9.73. The van der Waals surface area contributed by atoms with Gasteiger partial charge in [0.2, 0.25) is 0 Å². The van der Waals surface area contributed by atoms with Gasteiger partial charge in [0.1, 0.15) is 5.78 Å². The zero-order valence-electron chi connectivity index (χ0n) is 11.9. The van der Waals surface area contributed by atoms with Gasteiger partial charge in [-0.1, -0.05) is 43.7 Å². The Morgan fingerprint density at radius 2 is 2.00 bits per heavy atom. The molecule has 19 heavy (non-hydrogen) atoms. The van der Waals surface area contributed by atoms with Crippen molar-refractivity contribution in [2.75, 3.05) is 0 Å². The molecule has 0 aromatic heterocycles. The Hall–Kier alpha value is -1.15. The van der Waals surface area contributed by atoms with E-state index in [9.17, 15) is 9.90 Å². The first-order valence-corrected chi connectivity index (χ1v) is 7.33. The highest BCUT2D eigenvalue weighted by atomic mass is 16.3. The van der Waals surface area contributed by atoms with Crippen LogP contribution in [0.25, 0.3) is 0 Å². The van der Waals surface area contributed by atoms with Gasteiger partial charge < -0.3 is 5.11 Å². The molecule has 0 amide bonds. The largest absolute Gasteiger partial charge is 0.385 e. The fourth-order valence-corrected chi connectivity index (χ4v) is 3.16. The standard InChI is InChI=1S/C17H24O2/c1-3-13-9-10-16(18)14(11-13)12-17(2,19)15-7-5-4-6-8-15/h4-8,13-14,19H,3,9-12H2,1-2H3. The van der Waals surface area contributed by atoms with Crippen LogP contribution in [0.1, 0.15) is 51.5 Å². The van der Waals surface area contributed by atoms with Gasteiger partial charge in [-0.25, -0.2) is 0 Å². The summed E-state index contributed by atoms with van der Waals surface area (Å²) in [6.07, 6.45) is 4.34. The summed E-state index contributed by atoms with van der Waals surface area (Å²) >= 11 is 0. The third-order valence-electron chi connectivity index (χ3n) is 4.49. The van der Waals surface area contributed by atoms with Gasteiger partial charge in [-0.3, -0.25) is 4.79 Å². The second-order valence-corrected chi connectivity index (χ2v) is 6.06. The second kappa shape index (κ2) is 5.87.